The molecular weight excluding hydrogens is 243 g/mol. The predicted molar refractivity (Wildman–Crippen MR) is 84.0 cm³/mol. The Morgan fingerprint density at radius 2 is 1.55 bits per heavy atom. The van der Waals surface area contributed by atoms with E-state index in [1.54, 1.807) is 0 Å². The summed E-state index contributed by atoms with van der Waals surface area (Å²) >= 11 is 0. The van der Waals surface area contributed by atoms with Crippen LogP contribution in [-0.4, -0.2) is 16.5 Å². The number of rotatable bonds is 2. The van der Waals surface area contributed by atoms with Crippen molar-refractivity contribution in [2.45, 2.75) is 50.2 Å². The maximum atomic E-state index is 4.90. The minimum Gasteiger partial charge on any atom is -0.316 e. The Morgan fingerprint density at radius 1 is 0.900 bits per heavy atom. The van der Waals surface area contributed by atoms with Crippen molar-refractivity contribution in [2.24, 2.45) is 0 Å². The second-order valence-electron chi connectivity index (χ2n) is 6.42. The first-order valence-corrected chi connectivity index (χ1v) is 8.02. The summed E-state index contributed by atoms with van der Waals surface area (Å²) < 4.78 is 2.29. The van der Waals surface area contributed by atoms with Crippen LogP contribution in [0.4, 0.5) is 0 Å². The zero-order chi connectivity index (χ0) is 13.4. The Bertz CT molecular complexity index is 556. The van der Waals surface area contributed by atoms with Crippen molar-refractivity contribution in [3.05, 3.63) is 42.6 Å². The third-order valence-corrected chi connectivity index (χ3v) is 5.25. The van der Waals surface area contributed by atoms with Crippen molar-refractivity contribution in [3.8, 4) is 11.3 Å². The number of nitrogens with zero attached hydrogens (tertiary/aromatic N) is 2. The molecule has 2 fully saturated rings. The molecule has 0 unspecified atom stereocenters. The van der Waals surface area contributed by atoms with Crippen LogP contribution in [0.1, 0.15) is 38.5 Å². The molecule has 3 heterocycles. The van der Waals surface area contributed by atoms with E-state index in [1.165, 1.54) is 44.1 Å². The van der Waals surface area contributed by atoms with E-state index in [0.29, 0.717) is 6.85 Å². The topological polar surface area (TPSA) is 17.8 Å². The number of benzene rings is 1. The van der Waals surface area contributed by atoms with Crippen LogP contribution in [0.2, 0.25) is 11.6 Å². The summed E-state index contributed by atoms with van der Waals surface area (Å²) in [7, 11) is 0. The normalized spacial score (nSPS) is 25.7. The minimum atomic E-state index is 0.662. The maximum absolute atomic E-state index is 4.90. The Balaban J connectivity index is 1.65. The molecule has 0 spiro atoms. The van der Waals surface area contributed by atoms with Gasteiger partial charge in [0.1, 0.15) is 0 Å². The largest absolute Gasteiger partial charge is 0.316 e. The smallest absolute Gasteiger partial charge is 0.289 e. The first kappa shape index (κ1) is 12.3. The lowest BCUT2D eigenvalue weighted by molar-refractivity contribution is 0.433. The van der Waals surface area contributed by atoms with Crippen molar-refractivity contribution in [1.82, 2.24) is 9.69 Å². The van der Waals surface area contributed by atoms with Crippen LogP contribution >= 0.6 is 0 Å². The van der Waals surface area contributed by atoms with Gasteiger partial charge in [0.25, 0.3) is 6.85 Å². The molecule has 0 atom stereocenters. The van der Waals surface area contributed by atoms with Crippen LogP contribution in [0.3, 0.4) is 0 Å². The quantitative estimate of drug-likeness (QED) is 0.730. The van der Waals surface area contributed by atoms with Gasteiger partial charge in [0, 0.05) is 11.8 Å². The van der Waals surface area contributed by atoms with Gasteiger partial charge < -0.3 is 4.59 Å². The van der Waals surface area contributed by atoms with E-state index in [1.807, 2.05) is 0 Å². The van der Waals surface area contributed by atoms with Crippen molar-refractivity contribution in [1.29, 1.82) is 0 Å². The number of aromatic nitrogens is 2. The molecule has 2 aliphatic heterocycles. The molecule has 20 heavy (non-hydrogen) atoms. The summed E-state index contributed by atoms with van der Waals surface area (Å²) in [6.07, 6.45) is 10.7. The minimum absolute atomic E-state index is 0.662. The molecule has 0 saturated carbocycles. The van der Waals surface area contributed by atoms with Gasteiger partial charge >= 0.3 is 0 Å². The molecule has 2 aromatic rings. The number of fused-ring (bicyclic) bond motifs is 2. The van der Waals surface area contributed by atoms with Gasteiger partial charge in [-0.25, -0.2) is 0 Å². The van der Waals surface area contributed by atoms with E-state index in [9.17, 15) is 0 Å². The molecule has 0 aliphatic carbocycles. The first-order chi connectivity index (χ1) is 9.92. The highest BCUT2D eigenvalue weighted by molar-refractivity contribution is 6.60. The second-order valence-corrected chi connectivity index (χ2v) is 6.42. The molecule has 4 rings (SSSR count). The fourth-order valence-electron chi connectivity index (χ4n) is 4.34. The molecule has 0 radical (unpaired) electrons. The van der Waals surface area contributed by atoms with Crippen molar-refractivity contribution in [3.63, 3.8) is 0 Å². The van der Waals surface area contributed by atoms with Crippen molar-refractivity contribution >= 4 is 6.85 Å². The molecule has 2 aliphatic rings. The zero-order valence-corrected chi connectivity index (χ0v) is 11.9. The van der Waals surface area contributed by atoms with Crippen molar-refractivity contribution in [2.75, 3.05) is 0 Å². The average molecular weight is 264 g/mol. The van der Waals surface area contributed by atoms with E-state index >= 15 is 0 Å². The first-order valence-electron chi connectivity index (χ1n) is 8.02. The van der Waals surface area contributed by atoms with E-state index in [2.05, 4.69) is 47.2 Å². The lowest BCUT2D eigenvalue weighted by atomic mass is 9.35. The van der Waals surface area contributed by atoms with Crippen LogP contribution < -0.4 is 0 Å². The fraction of sp³-hybridized carbons (Fsp3) is 0.471. The van der Waals surface area contributed by atoms with Crippen LogP contribution in [0.25, 0.3) is 11.3 Å². The summed E-state index contributed by atoms with van der Waals surface area (Å²) in [5.41, 5.74) is 2.35. The predicted octanol–water partition coefficient (Wildman–Crippen LogP) is 4.50. The highest BCUT2D eigenvalue weighted by atomic mass is 15.2. The van der Waals surface area contributed by atoms with E-state index in [-0.39, 0.29) is 0 Å². The Labute approximate surface area is 121 Å². The highest BCUT2D eigenvalue weighted by Gasteiger charge is 2.41. The van der Waals surface area contributed by atoms with E-state index in [4.69, 9.17) is 5.10 Å². The second kappa shape index (κ2) is 5.12. The molecule has 2 nitrogen and oxygen atoms in total. The Morgan fingerprint density at radius 3 is 2.20 bits per heavy atom. The van der Waals surface area contributed by atoms with Gasteiger partial charge in [-0.15, -0.1) is 0 Å². The average Bonchev–Trinajstić information content (AvgIpc) is 2.97. The fourth-order valence-corrected chi connectivity index (χ4v) is 4.34. The summed E-state index contributed by atoms with van der Waals surface area (Å²) in [6.45, 7) is 0.662. The van der Waals surface area contributed by atoms with Crippen LogP contribution in [-0.2, 0) is 0 Å². The molecular formula is C17H21BN2. The van der Waals surface area contributed by atoms with Gasteiger partial charge in [0.15, 0.2) is 0 Å². The Kier molecular flexibility index (Phi) is 3.14. The molecule has 102 valence electrons. The van der Waals surface area contributed by atoms with E-state index < -0.39 is 0 Å². The van der Waals surface area contributed by atoms with Crippen LogP contribution in [0.5, 0.6) is 0 Å². The summed E-state index contributed by atoms with van der Waals surface area (Å²) in [6, 6.07) is 12.7. The Hall–Kier alpha value is -1.51. The SMILES string of the molecule is c1ccc(-c2ccn(B3C4CCCC3CCC4)n2)cc1. The van der Waals surface area contributed by atoms with Crippen LogP contribution in [0, 0.1) is 0 Å². The van der Waals surface area contributed by atoms with Crippen LogP contribution in [0.15, 0.2) is 42.6 Å². The summed E-state index contributed by atoms with van der Waals surface area (Å²) in [4.78, 5) is 0. The third-order valence-electron chi connectivity index (χ3n) is 5.25. The third kappa shape index (κ3) is 2.09. The van der Waals surface area contributed by atoms with Gasteiger partial charge in [-0.05, 0) is 17.7 Å². The lowest BCUT2D eigenvalue weighted by Gasteiger charge is -2.39. The monoisotopic (exact) mass is 264 g/mol. The standard InChI is InChI=1S/C17H21BN2/c1-2-6-14(7-3-1)17-12-13-20(19-17)18-15-8-4-9-16(18)11-5-10-15/h1-3,6-7,12-13,15-16H,4-5,8-11H2. The van der Waals surface area contributed by atoms with Gasteiger partial charge in [0.05, 0.1) is 5.69 Å². The zero-order valence-electron chi connectivity index (χ0n) is 11.9. The molecule has 3 heteroatoms. The highest BCUT2D eigenvalue weighted by Crippen LogP contribution is 2.46. The van der Waals surface area contributed by atoms with Crippen molar-refractivity contribution < 1.29 is 0 Å². The number of hydrogen-bond acceptors (Lipinski definition) is 1. The van der Waals surface area contributed by atoms with Gasteiger partial charge in [-0.1, -0.05) is 68.9 Å². The van der Waals surface area contributed by atoms with Gasteiger partial charge in [-0.3, -0.25) is 0 Å². The molecule has 0 amide bonds. The molecule has 1 aromatic carbocycles. The van der Waals surface area contributed by atoms with Gasteiger partial charge in [-0.2, -0.15) is 5.10 Å². The maximum Gasteiger partial charge on any atom is 0.289 e. The number of hydrogen-bond donors (Lipinski definition) is 0. The molecule has 2 saturated heterocycles. The molecule has 2 bridgehead atoms. The van der Waals surface area contributed by atoms with Gasteiger partial charge in [0.2, 0.25) is 0 Å². The summed E-state index contributed by atoms with van der Waals surface area (Å²) in [5, 5.41) is 4.90. The summed E-state index contributed by atoms with van der Waals surface area (Å²) in [5.74, 6) is 1.73. The molecule has 0 N–H and O–H groups in total. The van der Waals surface area contributed by atoms with E-state index in [0.717, 1.165) is 17.3 Å². The molecule has 1 aromatic heterocycles. The lowest BCUT2D eigenvalue weighted by Crippen LogP contribution is -2.41.